The van der Waals surface area contributed by atoms with Gasteiger partial charge in [0.05, 0.1) is 25.7 Å². The van der Waals surface area contributed by atoms with Gasteiger partial charge in [-0.05, 0) is 17.7 Å². The lowest BCUT2D eigenvalue weighted by molar-refractivity contribution is 0.0415. The zero-order valence-electron chi connectivity index (χ0n) is 8.89. The smallest absolute Gasteiger partial charge is 0.188 e. The molecule has 0 bridgehead atoms. The lowest BCUT2D eigenvalue weighted by atomic mass is 10.2. The van der Waals surface area contributed by atoms with E-state index < -0.39 is 20.9 Å². The van der Waals surface area contributed by atoms with Crippen molar-refractivity contribution in [2.24, 2.45) is 0 Å². The number of benzene rings is 1. The first kappa shape index (κ1) is 12.0. The van der Waals surface area contributed by atoms with E-state index in [9.17, 15) is 12.8 Å². The van der Waals surface area contributed by atoms with E-state index in [-0.39, 0.29) is 24.5 Å². The van der Waals surface area contributed by atoms with Gasteiger partial charge in [-0.2, -0.15) is 5.26 Å². The molecule has 0 aromatic heterocycles. The largest absolute Gasteiger partial charge is 0.379 e. The Kier molecular flexibility index (Phi) is 3.13. The summed E-state index contributed by atoms with van der Waals surface area (Å²) < 4.78 is 42.3. The van der Waals surface area contributed by atoms with Gasteiger partial charge in [0.2, 0.25) is 0 Å². The van der Waals surface area contributed by atoms with Crippen LogP contribution in [0.5, 0.6) is 0 Å². The molecule has 1 fully saturated rings. The summed E-state index contributed by atoms with van der Waals surface area (Å²) in [6.07, 6.45) is 0.0593. The second-order valence-corrected chi connectivity index (χ2v) is 6.00. The van der Waals surface area contributed by atoms with E-state index >= 15 is 0 Å². The number of hydrogen-bond donors (Lipinski definition) is 0. The molecule has 0 saturated carbocycles. The third-order valence-electron chi connectivity index (χ3n) is 2.63. The maximum Gasteiger partial charge on any atom is 0.188 e. The van der Waals surface area contributed by atoms with E-state index in [1.165, 1.54) is 12.1 Å². The number of ether oxygens (including phenoxy) is 1. The molecule has 0 N–H and O–H groups in total. The molecule has 1 aliphatic rings. The minimum Gasteiger partial charge on any atom is -0.379 e. The fraction of sp³-hybridized carbons (Fsp3) is 0.364. The molecular weight excluding hydrogens is 245 g/mol. The highest BCUT2D eigenvalue weighted by Gasteiger charge is 2.35. The number of nitriles is 1. The van der Waals surface area contributed by atoms with Crippen molar-refractivity contribution in [1.29, 1.82) is 5.26 Å². The molecule has 0 amide bonds. The summed E-state index contributed by atoms with van der Waals surface area (Å²) in [6, 6.07) is 5.65. The van der Waals surface area contributed by atoms with Crippen LogP contribution in [0.2, 0.25) is 0 Å². The van der Waals surface area contributed by atoms with Crippen LogP contribution in [0.4, 0.5) is 4.39 Å². The molecule has 1 aromatic carbocycles. The van der Waals surface area contributed by atoms with Gasteiger partial charge in [0.25, 0.3) is 0 Å². The average molecular weight is 255 g/mol. The predicted molar refractivity (Wildman–Crippen MR) is 57.5 cm³/mol. The molecule has 0 atom stereocenters. The lowest BCUT2D eigenvalue weighted by Gasteiger charge is -2.25. The third-order valence-corrected chi connectivity index (χ3v) is 4.73. The quantitative estimate of drug-likeness (QED) is 0.810. The Morgan fingerprint density at radius 1 is 1.47 bits per heavy atom. The number of rotatable bonds is 3. The first-order valence-corrected chi connectivity index (χ1v) is 6.57. The molecule has 0 aliphatic carbocycles. The van der Waals surface area contributed by atoms with Crippen LogP contribution in [0, 0.1) is 17.1 Å². The van der Waals surface area contributed by atoms with Crippen LogP contribution in [0.15, 0.2) is 23.1 Å². The molecule has 0 radical (unpaired) electrons. The summed E-state index contributed by atoms with van der Waals surface area (Å²) in [4.78, 5) is -0.313. The molecule has 1 aliphatic heterocycles. The molecule has 90 valence electrons. The standard InChI is InChI=1S/C11H10FNO3S/c12-10-5-8(3-4-13)1-2-11(10)17(14,15)9-6-16-7-9/h1-2,5,9H,3,6-7H2. The topological polar surface area (TPSA) is 67.2 Å². The normalized spacial score (nSPS) is 16.2. The molecule has 1 aromatic rings. The fourth-order valence-electron chi connectivity index (χ4n) is 1.55. The Balaban J connectivity index is 2.37. The van der Waals surface area contributed by atoms with Gasteiger partial charge in [0, 0.05) is 0 Å². The second-order valence-electron chi connectivity index (χ2n) is 3.80. The SMILES string of the molecule is N#CCc1ccc(S(=O)(=O)C2COC2)c(F)c1. The van der Waals surface area contributed by atoms with Crippen molar-refractivity contribution in [3.63, 3.8) is 0 Å². The molecule has 1 saturated heterocycles. The van der Waals surface area contributed by atoms with Crippen LogP contribution in [-0.4, -0.2) is 26.9 Å². The van der Waals surface area contributed by atoms with Gasteiger partial charge < -0.3 is 4.74 Å². The van der Waals surface area contributed by atoms with Crippen molar-refractivity contribution in [2.75, 3.05) is 13.2 Å². The second kappa shape index (κ2) is 4.43. The highest BCUT2D eigenvalue weighted by molar-refractivity contribution is 7.92. The van der Waals surface area contributed by atoms with E-state index in [1.807, 2.05) is 6.07 Å². The molecule has 1 heterocycles. The van der Waals surface area contributed by atoms with Gasteiger partial charge in [-0.25, -0.2) is 12.8 Å². The fourth-order valence-corrected chi connectivity index (χ4v) is 3.05. The van der Waals surface area contributed by atoms with Crippen molar-refractivity contribution < 1.29 is 17.5 Å². The Morgan fingerprint density at radius 2 is 2.18 bits per heavy atom. The van der Waals surface area contributed by atoms with Gasteiger partial charge in [0.15, 0.2) is 9.84 Å². The molecular formula is C11H10FNO3S. The first-order valence-electron chi connectivity index (χ1n) is 5.02. The Bertz CT molecular complexity index is 573. The number of halogens is 1. The van der Waals surface area contributed by atoms with Crippen LogP contribution in [-0.2, 0) is 21.0 Å². The molecule has 17 heavy (non-hydrogen) atoms. The molecule has 0 unspecified atom stereocenters. The van der Waals surface area contributed by atoms with E-state index in [0.29, 0.717) is 5.56 Å². The number of nitrogens with zero attached hydrogens (tertiary/aromatic N) is 1. The van der Waals surface area contributed by atoms with Crippen molar-refractivity contribution in [3.05, 3.63) is 29.6 Å². The average Bonchev–Trinajstić information content (AvgIpc) is 2.13. The Hall–Kier alpha value is -1.45. The van der Waals surface area contributed by atoms with Crippen LogP contribution in [0.25, 0.3) is 0 Å². The minimum atomic E-state index is -3.65. The molecule has 0 spiro atoms. The van der Waals surface area contributed by atoms with E-state index in [4.69, 9.17) is 10.00 Å². The van der Waals surface area contributed by atoms with Crippen molar-refractivity contribution >= 4 is 9.84 Å². The summed E-state index contributed by atoms with van der Waals surface area (Å²) in [7, 11) is -3.65. The predicted octanol–water partition coefficient (Wildman–Crippen LogP) is 1.06. The third kappa shape index (κ3) is 2.16. The van der Waals surface area contributed by atoms with E-state index in [2.05, 4.69) is 0 Å². The maximum atomic E-state index is 13.7. The number of hydrogen-bond acceptors (Lipinski definition) is 4. The van der Waals surface area contributed by atoms with Crippen LogP contribution in [0.1, 0.15) is 5.56 Å². The number of sulfone groups is 1. The van der Waals surface area contributed by atoms with Crippen LogP contribution < -0.4 is 0 Å². The summed E-state index contributed by atoms with van der Waals surface area (Å²) in [5, 5.41) is 7.81. The van der Waals surface area contributed by atoms with Crippen molar-refractivity contribution in [3.8, 4) is 6.07 Å². The van der Waals surface area contributed by atoms with Crippen molar-refractivity contribution in [1.82, 2.24) is 0 Å². The van der Waals surface area contributed by atoms with Gasteiger partial charge in [-0.3, -0.25) is 0 Å². The highest BCUT2D eigenvalue weighted by Crippen LogP contribution is 2.24. The molecule has 4 nitrogen and oxygen atoms in total. The zero-order valence-corrected chi connectivity index (χ0v) is 9.71. The summed E-state index contributed by atoms with van der Waals surface area (Å²) >= 11 is 0. The Labute approximate surface area is 98.5 Å². The van der Waals surface area contributed by atoms with Gasteiger partial charge in [-0.15, -0.1) is 0 Å². The highest BCUT2D eigenvalue weighted by atomic mass is 32.2. The maximum absolute atomic E-state index is 13.7. The molecule has 2 rings (SSSR count). The lowest BCUT2D eigenvalue weighted by Crippen LogP contribution is -2.40. The first-order chi connectivity index (χ1) is 8.05. The van der Waals surface area contributed by atoms with Crippen LogP contribution >= 0.6 is 0 Å². The monoisotopic (exact) mass is 255 g/mol. The van der Waals surface area contributed by atoms with E-state index in [1.54, 1.807) is 0 Å². The van der Waals surface area contributed by atoms with Gasteiger partial charge >= 0.3 is 0 Å². The molecule has 6 heteroatoms. The summed E-state index contributed by atoms with van der Waals surface area (Å²) in [5.74, 6) is -0.801. The summed E-state index contributed by atoms with van der Waals surface area (Å²) in [5.41, 5.74) is 0.466. The Morgan fingerprint density at radius 3 is 2.65 bits per heavy atom. The summed E-state index contributed by atoms with van der Waals surface area (Å²) in [6.45, 7) is 0.226. The van der Waals surface area contributed by atoms with Crippen LogP contribution in [0.3, 0.4) is 0 Å². The zero-order chi connectivity index (χ0) is 12.5. The van der Waals surface area contributed by atoms with Crippen molar-refractivity contribution in [2.45, 2.75) is 16.6 Å². The van der Waals surface area contributed by atoms with Gasteiger partial charge in [0.1, 0.15) is 16.0 Å². The van der Waals surface area contributed by atoms with Gasteiger partial charge in [-0.1, -0.05) is 6.07 Å². The van der Waals surface area contributed by atoms with E-state index in [0.717, 1.165) is 6.07 Å². The minimum absolute atomic E-state index is 0.0593.